The smallest absolute Gasteiger partial charge is 0.261 e. The van der Waals surface area contributed by atoms with Crippen LogP contribution in [0.25, 0.3) is 10.4 Å². The number of hydrogen-bond acceptors (Lipinski definition) is 6. The van der Waals surface area contributed by atoms with Crippen molar-refractivity contribution in [1.29, 1.82) is 0 Å². The highest BCUT2D eigenvalue weighted by molar-refractivity contribution is 7.19. The molecule has 0 aliphatic rings. The number of aliphatic hydroxyl groups is 1. The molecule has 1 atom stereocenters. The Hall–Kier alpha value is -2.95. The predicted molar refractivity (Wildman–Crippen MR) is 117 cm³/mol. The fourth-order valence-electron chi connectivity index (χ4n) is 3.02. The van der Waals surface area contributed by atoms with Gasteiger partial charge >= 0.3 is 0 Å². The van der Waals surface area contributed by atoms with Gasteiger partial charge in [-0.2, -0.15) is 0 Å². The molecule has 0 aliphatic heterocycles. The summed E-state index contributed by atoms with van der Waals surface area (Å²) in [5.74, 6) is -0.826. The monoisotopic (exact) mass is 465 g/mol. The molecule has 6 nitrogen and oxygen atoms in total. The van der Waals surface area contributed by atoms with E-state index >= 15 is 0 Å². The summed E-state index contributed by atoms with van der Waals surface area (Å²) in [7, 11) is 0. The van der Waals surface area contributed by atoms with E-state index in [9.17, 15) is 23.1 Å². The molecule has 32 heavy (non-hydrogen) atoms. The highest BCUT2D eigenvalue weighted by Crippen LogP contribution is 2.38. The van der Waals surface area contributed by atoms with Crippen LogP contribution >= 0.6 is 11.3 Å². The molecule has 0 bridgehead atoms. The average molecular weight is 465 g/mol. The number of aliphatic hydroxyl groups excluding tert-OH is 1. The van der Waals surface area contributed by atoms with Crippen LogP contribution in [0.15, 0.2) is 42.5 Å². The van der Waals surface area contributed by atoms with Gasteiger partial charge in [0.2, 0.25) is 0 Å². The SMILES string of the molecule is CC(O)Cc1ccc(-c2cc(C(N)=O)c(Nc3cccc(COCC(F)F)n3)s2)c(F)c1. The first-order chi connectivity index (χ1) is 15.2. The standard InChI is InChI=1S/C22H22F3N3O3S/c1-12(29)7-13-5-6-15(17(23)8-13)18-9-16(21(26)30)22(32-18)28-20-4-2-3-14(27-20)10-31-11-19(24)25/h2-6,8-9,12,19,29H,7,10-11H2,1H3,(H2,26,30)(H,27,28). The number of nitrogens with zero attached hydrogens (tertiary/aromatic N) is 1. The van der Waals surface area contributed by atoms with Gasteiger partial charge in [-0.1, -0.05) is 18.2 Å². The van der Waals surface area contributed by atoms with Crippen molar-refractivity contribution in [3.8, 4) is 10.4 Å². The van der Waals surface area contributed by atoms with Gasteiger partial charge < -0.3 is 20.9 Å². The van der Waals surface area contributed by atoms with E-state index in [4.69, 9.17) is 10.5 Å². The zero-order valence-electron chi connectivity index (χ0n) is 17.1. The van der Waals surface area contributed by atoms with Crippen LogP contribution in [0.1, 0.15) is 28.5 Å². The lowest BCUT2D eigenvalue weighted by atomic mass is 10.0. The number of nitrogens with two attached hydrogens (primary N) is 1. The molecule has 10 heteroatoms. The van der Waals surface area contributed by atoms with Crippen LogP contribution in [0.2, 0.25) is 0 Å². The summed E-state index contributed by atoms with van der Waals surface area (Å²) in [5.41, 5.74) is 7.03. The van der Waals surface area contributed by atoms with Gasteiger partial charge in [0.15, 0.2) is 0 Å². The lowest BCUT2D eigenvalue weighted by Crippen LogP contribution is -2.11. The van der Waals surface area contributed by atoms with E-state index in [1.54, 1.807) is 37.3 Å². The number of nitrogens with one attached hydrogen (secondary N) is 1. The molecule has 1 aromatic carbocycles. The first kappa shape index (κ1) is 23.7. The van der Waals surface area contributed by atoms with Crippen molar-refractivity contribution in [1.82, 2.24) is 4.98 Å². The van der Waals surface area contributed by atoms with Crippen molar-refractivity contribution in [2.75, 3.05) is 11.9 Å². The van der Waals surface area contributed by atoms with Gasteiger partial charge in [0.05, 0.1) is 24.0 Å². The highest BCUT2D eigenvalue weighted by Gasteiger charge is 2.18. The van der Waals surface area contributed by atoms with Gasteiger partial charge in [0.1, 0.15) is 23.2 Å². The average Bonchev–Trinajstić information content (AvgIpc) is 3.11. The third-order valence-corrected chi connectivity index (χ3v) is 5.45. The van der Waals surface area contributed by atoms with Crippen LogP contribution in [0.4, 0.5) is 24.0 Å². The maximum absolute atomic E-state index is 14.7. The molecule has 3 rings (SSSR count). The predicted octanol–water partition coefficient (Wildman–Crippen LogP) is 4.50. The van der Waals surface area contributed by atoms with E-state index in [0.717, 1.165) is 11.3 Å². The molecule has 2 heterocycles. The number of pyridine rings is 1. The molecule has 0 spiro atoms. The summed E-state index contributed by atoms with van der Waals surface area (Å²) in [6.07, 6.45) is -2.84. The quantitative estimate of drug-likeness (QED) is 0.410. The number of aromatic nitrogens is 1. The van der Waals surface area contributed by atoms with Crippen LogP contribution in [0, 0.1) is 5.82 Å². The zero-order valence-corrected chi connectivity index (χ0v) is 18.0. The van der Waals surface area contributed by atoms with Crippen molar-refractivity contribution < 1.29 is 27.8 Å². The largest absolute Gasteiger partial charge is 0.393 e. The lowest BCUT2D eigenvalue weighted by molar-refractivity contribution is 0.00887. The molecule has 0 saturated carbocycles. The van der Waals surface area contributed by atoms with Crippen molar-refractivity contribution in [3.63, 3.8) is 0 Å². The number of ether oxygens (including phenoxy) is 1. The molecule has 1 unspecified atom stereocenters. The number of rotatable bonds is 10. The number of alkyl halides is 2. The van der Waals surface area contributed by atoms with Crippen LogP contribution in [0.3, 0.4) is 0 Å². The Labute approximate surface area is 186 Å². The van der Waals surface area contributed by atoms with E-state index < -0.39 is 30.9 Å². The highest BCUT2D eigenvalue weighted by atomic mass is 32.1. The second kappa shape index (κ2) is 10.6. The Kier molecular flexibility index (Phi) is 7.84. The van der Waals surface area contributed by atoms with E-state index in [-0.39, 0.29) is 12.2 Å². The number of halogens is 3. The zero-order chi connectivity index (χ0) is 23.3. The third kappa shape index (κ3) is 6.28. The van der Waals surface area contributed by atoms with Crippen LogP contribution in [0.5, 0.6) is 0 Å². The number of benzene rings is 1. The van der Waals surface area contributed by atoms with Crippen LogP contribution < -0.4 is 11.1 Å². The van der Waals surface area contributed by atoms with Gasteiger partial charge in [-0.25, -0.2) is 18.2 Å². The normalized spacial score (nSPS) is 12.2. The molecule has 0 aliphatic carbocycles. The topological polar surface area (TPSA) is 97.5 Å². The first-order valence-corrected chi connectivity index (χ1v) is 10.5. The van der Waals surface area contributed by atoms with E-state index in [1.807, 2.05) is 0 Å². The fraction of sp³-hybridized carbons (Fsp3) is 0.273. The number of thiophene rings is 1. The van der Waals surface area contributed by atoms with Gasteiger partial charge in [0.25, 0.3) is 12.3 Å². The minimum atomic E-state index is -2.57. The number of carbonyl (C=O) groups excluding carboxylic acids is 1. The minimum absolute atomic E-state index is 0.0950. The van der Waals surface area contributed by atoms with Crippen molar-refractivity contribution in [3.05, 3.63) is 65.1 Å². The summed E-state index contributed by atoms with van der Waals surface area (Å²) < 4.78 is 44.0. The van der Waals surface area contributed by atoms with E-state index in [0.29, 0.717) is 38.9 Å². The molecule has 4 N–H and O–H groups in total. The number of hydrogen-bond donors (Lipinski definition) is 3. The molecule has 170 valence electrons. The van der Waals surface area contributed by atoms with E-state index in [2.05, 4.69) is 10.3 Å². The summed E-state index contributed by atoms with van der Waals surface area (Å²) >= 11 is 1.13. The Bertz CT molecular complexity index is 1090. The second-order valence-corrected chi connectivity index (χ2v) is 8.18. The Morgan fingerprint density at radius 3 is 2.72 bits per heavy atom. The summed E-state index contributed by atoms with van der Waals surface area (Å²) in [5, 5.41) is 12.8. The Morgan fingerprint density at radius 1 is 1.28 bits per heavy atom. The lowest BCUT2D eigenvalue weighted by Gasteiger charge is -2.08. The van der Waals surface area contributed by atoms with Crippen molar-refractivity contribution in [2.24, 2.45) is 5.73 Å². The molecule has 2 aromatic heterocycles. The second-order valence-electron chi connectivity index (χ2n) is 7.13. The summed E-state index contributed by atoms with van der Waals surface area (Å²) in [6.45, 7) is 0.833. The molecule has 1 amide bonds. The third-order valence-electron chi connectivity index (χ3n) is 4.37. The van der Waals surface area contributed by atoms with Gasteiger partial charge in [-0.3, -0.25) is 4.79 Å². The molecule has 0 fully saturated rings. The number of carbonyl (C=O) groups is 1. The van der Waals surface area contributed by atoms with Gasteiger partial charge in [-0.15, -0.1) is 11.3 Å². The molecule has 3 aromatic rings. The molecular formula is C22H22F3N3O3S. The minimum Gasteiger partial charge on any atom is -0.393 e. The molecular weight excluding hydrogens is 443 g/mol. The fourth-order valence-corrected chi connectivity index (χ4v) is 4.12. The summed E-state index contributed by atoms with van der Waals surface area (Å²) in [4.78, 5) is 16.7. The number of amides is 1. The number of anilines is 2. The van der Waals surface area contributed by atoms with Crippen LogP contribution in [-0.2, 0) is 17.8 Å². The van der Waals surface area contributed by atoms with Crippen LogP contribution in [-0.4, -0.2) is 35.1 Å². The van der Waals surface area contributed by atoms with Gasteiger partial charge in [0, 0.05) is 10.4 Å². The number of primary amides is 1. The summed E-state index contributed by atoms with van der Waals surface area (Å²) in [6, 6.07) is 11.1. The van der Waals surface area contributed by atoms with E-state index in [1.165, 1.54) is 12.1 Å². The Balaban J connectivity index is 1.84. The maximum atomic E-state index is 14.7. The van der Waals surface area contributed by atoms with Gasteiger partial charge in [-0.05, 0) is 43.2 Å². The Morgan fingerprint density at radius 2 is 2.06 bits per heavy atom. The van der Waals surface area contributed by atoms with Crippen molar-refractivity contribution >= 4 is 28.1 Å². The molecule has 0 saturated heterocycles. The first-order valence-electron chi connectivity index (χ1n) is 9.72. The molecule has 0 radical (unpaired) electrons. The maximum Gasteiger partial charge on any atom is 0.261 e. The van der Waals surface area contributed by atoms with Crippen molar-refractivity contribution in [2.45, 2.75) is 32.5 Å².